The molecule has 0 aromatic heterocycles. The van der Waals surface area contributed by atoms with Gasteiger partial charge in [0.05, 0.1) is 10.7 Å². The average Bonchev–Trinajstić information content (AvgIpc) is 2.87. The average molecular weight is 294 g/mol. The van der Waals surface area contributed by atoms with Crippen molar-refractivity contribution in [1.29, 1.82) is 0 Å². The van der Waals surface area contributed by atoms with Crippen LogP contribution in [-0.4, -0.2) is 6.79 Å². The van der Waals surface area contributed by atoms with Gasteiger partial charge < -0.3 is 14.8 Å². The molecule has 3 nitrogen and oxygen atoms in total. The van der Waals surface area contributed by atoms with E-state index in [4.69, 9.17) is 21.1 Å². The first-order chi connectivity index (χ1) is 9.63. The Hall–Kier alpha value is -1.94. The number of ether oxygens (including phenoxy) is 2. The smallest absolute Gasteiger partial charge is 0.231 e. The molecule has 0 radical (unpaired) electrons. The van der Waals surface area contributed by atoms with Crippen molar-refractivity contribution in [1.82, 2.24) is 0 Å². The molecule has 0 fully saturated rings. The molecule has 5 heteroatoms. The molecule has 0 saturated heterocycles. The highest BCUT2D eigenvalue weighted by atomic mass is 35.5. The van der Waals surface area contributed by atoms with Crippen LogP contribution in [0.15, 0.2) is 36.4 Å². The van der Waals surface area contributed by atoms with E-state index in [9.17, 15) is 4.39 Å². The van der Waals surface area contributed by atoms with E-state index in [1.165, 1.54) is 12.1 Å². The second kappa shape index (κ2) is 5.21. The van der Waals surface area contributed by atoms with E-state index in [1.807, 2.05) is 13.0 Å². The quantitative estimate of drug-likeness (QED) is 0.911. The second-order valence-corrected chi connectivity index (χ2v) is 5.01. The normalized spacial score (nSPS) is 14.2. The summed E-state index contributed by atoms with van der Waals surface area (Å²) in [5, 5.41) is 3.84. The van der Waals surface area contributed by atoms with Crippen LogP contribution in [0.5, 0.6) is 11.5 Å². The number of hydrogen-bond acceptors (Lipinski definition) is 3. The van der Waals surface area contributed by atoms with Gasteiger partial charge >= 0.3 is 0 Å². The minimum Gasteiger partial charge on any atom is -0.454 e. The predicted molar refractivity (Wildman–Crippen MR) is 76.0 cm³/mol. The number of nitrogens with one attached hydrogen (secondary N) is 1. The third kappa shape index (κ3) is 2.51. The van der Waals surface area contributed by atoms with Crippen LogP contribution < -0.4 is 14.8 Å². The van der Waals surface area contributed by atoms with Gasteiger partial charge in [0.25, 0.3) is 0 Å². The monoisotopic (exact) mass is 293 g/mol. The van der Waals surface area contributed by atoms with Crippen LogP contribution in [0.4, 0.5) is 10.1 Å². The maximum absolute atomic E-state index is 12.9. The Morgan fingerprint density at radius 2 is 1.80 bits per heavy atom. The van der Waals surface area contributed by atoms with Gasteiger partial charge in [-0.05, 0) is 24.6 Å². The molecule has 2 aromatic rings. The molecule has 2 aromatic carbocycles. The van der Waals surface area contributed by atoms with Gasteiger partial charge in [-0.15, -0.1) is 0 Å². The van der Waals surface area contributed by atoms with Crippen molar-refractivity contribution in [2.75, 3.05) is 12.1 Å². The van der Waals surface area contributed by atoms with Gasteiger partial charge in [-0.25, -0.2) is 4.39 Å². The van der Waals surface area contributed by atoms with E-state index < -0.39 is 0 Å². The van der Waals surface area contributed by atoms with E-state index in [0.717, 1.165) is 11.3 Å². The van der Waals surface area contributed by atoms with E-state index in [2.05, 4.69) is 5.32 Å². The summed E-state index contributed by atoms with van der Waals surface area (Å²) in [5.74, 6) is 1.07. The molecular weight excluding hydrogens is 281 g/mol. The molecule has 0 amide bonds. The second-order valence-electron chi connectivity index (χ2n) is 4.60. The van der Waals surface area contributed by atoms with Crippen LogP contribution in [0.3, 0.4) is 0 Å². The van der Waals surface area contributed by atoms with Gasteiger partial charge in [0.2, 0.25) is 6.79 Å². The van der Waals surface area contributed by atoms with Crippen molar-refractivity contribution in [3.8, 4) is 11.5 Å². The molecule has 0 spiro atoms. The van der Waals surface area contributed by atoms with Crippen LogP contribution >= 0.6 is 11.6 Å². The molecule has 20 heavy (non-hydrogen) atoms. The molecule has 1 N–H and O–H groups in total. The molecule has 1 aliphatic rings. The van der Waals surface area contributed by atoms with Crippen molar-refractivity contribution < 1.29 is 13.9 Å². The summed E-state index contributed by atoms with van der Waals surface area (Å²) in [5.41, 5.74) is 1.73. The van der Waals surface area contributed by atoms with E-state index >= 15 is 0 Å². The number of hydrogen-bond donors (Lipinski definition) is 1. The fourth-order valence-corrected chi connectivity index (χ4v) is 2.30. The van der Waals surface area contributed by atoms with E-state index in [1.54, 1.807) is 18.2 Å². The van der Waals surface area contributed by atoms with Crippen molar-refractivity contribution in [2.24, 2.45) is 0 Å². The zero-order chi connectivity index (χ0) is 14.1. The Labute approximate surface area is 121 Å². The van der Waals surface area contributed by atoms with Crippen molar-refractivity contribution in [3.05, 3.63) is 52.8 Å². The van der Waals surface area contributed by atoms with Gasteiger partial charge in [-0.1, -0.05) is 23.7 Å². The summed E-state index contributed by atoms with van der Waals surface area (Å²) in [6, 6.07) is 9.90. The Bertz CT molecular complexity index is 631. The zero-order valence-corrected chi connectivity index (χ0v) is 11.6. The minimum atomic E-state index is -0.248. The first-order valence-corrected chi connectivity index (χ1v) is 6.62. The number of benzene rings is 2. The molecule has 1 aliphatic heterocycles. The van der Waals surface area contributed by atoms with Crippen LogP contribution in [0, 0.1) is 5.82 Å². The van der Waals surface area contributed by atoms with E-state index in [-0.39, 0.29) is 18.7 Å². The van der Waals surface area contributed by atoms with Crippen LogP contribution in [0.2, 0.25) is 5.02 Å². The summed E-state index contributed by atoms with van der Waals surface area (Å²) in [4.78, 5) is 0. The highest BCUT2D eigenvalue weighted by Crippen LogP contribution is 2.40. The number of halogens is 2. The molecular formula is C15H13ClFNO2. The summed E-state index contributed by atoms with van der Waals surface area (Å²) in [6.45, 7) is 2.19. The molecule has 0 bridgehead atoms. The lowest BCUT2D eigenvalue weighted by Crippen LogP contribution is -2.07. The van der Waals surface area contributed by atoms with Crippen LogP contribution in [0.1, 0.15) is 18.5 Å². The first-order valence-electron chi connectivity index (χ1n) is 6.24. The van der Waals surface area contributed by atoms with Crippen LogP contribution in [0.25, 0.3) is 0 Å². The maximum atomic E-state index is 12.9. The number of rotatable bonds is 3. The number of fused-ring (bicyclic) bond motifs is 1. The van der Waals surface area contributed by atoms with Crippen LogP contribution in [-0.2, 0) is 0 Å². The molecule has 0 saturated carbocycles. The molecule has 3 rings (SSSR count). The Balaban J connectivity index is 1.82. The summed E-state index contributed by atoms with van der Waals surface area (Å²) in [7, 11) is 0. The molecule has 104 valence electrons. The molecule has 1 unspecified atom stereocenters. The Morgan fingerprint density at radius 3 is 2.50 bits per heavy atom. The lowest BCUT2D eigenvalue weighted by molar-refractivity contribution is 0.174. The molecule has 1 atom stereocenters. The number of anilines is 1. The summed E-state index contributed by atoms with van der Waals surface area (Å²) >= 11 is 6.21. The highest BCUT2D eigenvalue weighted by Gasteiger charge is 2.17. The lowest BCUT2D eigenvalue weighted by atomic mass is 10.1. The maximum Gasteiger partial charge on any atom is 0.231 e. The standard InChI is InChI=1S/C15H13ClFNO2/c1-9(10-2-4-11(17)5-3-10)18-13-7-15-14(6-12(13)16)19-8-20-15/h2-7,9,18H,8H2,1H3. The third-order valence-electron chi connectivity index (χ3n) is 3.20. The van der Waals surface area contributed by atoms with Crippen molar-refractivity contribution in [3.63, 3.8) is 0 Å². The first kappa shape index (κ1) is 13.1. The van der Waals surface area contributed by atoms with Crippen molar-refractivity contribution in [2.45, 2.75) is 13.0 Å². The Morgan fingerprint density at radius 1 is 1.15 bits per heavy atom. The third-order valence-corrected chi connectivity index (χ3v) is 3.52. The van der Waals surface area contributed by atoms with Gasteiger partial charge in [-0.3, -0.25) is 0 Å². The fourth-order valence-electron chi connectivity index (χ4n) is 2.10. The lowest BCUT2D eigenvalue weighted by Gasteiger charge is -2.17. The highest BCUT2D eigenvalue weighted by molar-refractivity contribution is 6.33. The fraction of sp³-hybridized carbons (Fsp3) is 0.200. The van der Waals surface area contributed by atoms with Crippen molar-refractivity contribution >= 4 is 17.3 Å². The van der Waals surface area contributed by atoms with Gasteiger partial charge in [0.15, 0.2) is 11.5 Å². The molecule has 0 aliphatic carbocycles. The largest absolute Gasteiger partial charge is 0.454 e. The van der Waals surface area contributed by atoms with Gasteiger partial charge in [-0.2, -0.15) is 0 Å². The SMILES string of the molecule is CC(Nc1cc2c(cc1Cl)OCO2)c1ccc(F)cc1. The summed E-state index contributed by atoms with van der Waals surface area (Å²) < 4.78 is 23.5. The Kier molecular flexibility index (Phi) is 3.40. The zero-order valence-electron chi connectivity index (χ0n) is 10.8. The predicted octanol–water partition coefficient (Wildman–Crippen LogP) is 4.38. The molecule has 1 heterocycles. The van der Waals surface area contributed by atoms with E-state index in [0.29, 0.717) is 16.5 Å². The summed E-state index contributed by atoms with van der Waals surface area (Å²) in [6.07, 6.45) is 0. The van der Waals surface area contributed by atoms with Gasteiger partial charge in [0, 0.05) is 18.2 Å². The topological polar surface area (TPSA) is 30.5 Å². The van der Waals surface area contributed by atoms with Gasteiger partial charge in [0.1, 0.15) is 5.82 Å². The minimum absolute atomic E-state index is 0.00604.